The van der Waals surface area contributed by atoms with Crippen molar-refractivity contribution in [1.29, 1.82) is 0 Å². The summed E-state index contributed by atoms with van der Waals surface area (Å²) < 4.78 is 42.0. The summed E-state index contributed by atoms with van der Waals surface area (Å²) in [4.78, 5) is 0. The lowest BCUT2D eigenvalue weighted by atomic mass is 9.98. The Hall–Kier alpha value is -3.13. The second kappa shape index (κ2) is 17.0. The maximum atomic E-state index is 12.9. The summed E-state index contributed by atoms with van der Waals surface area (Å²) in [5.41, 5.74) is 5.35. The molecule has 6 nitrogen and oxygen atoms in total. The van der Waals surface area contributed by atoms with Gasteiger partial charge in [0, 0.05) is 25.0 Å². The van der Waals surface area contributed by atoms with Gasteiger partial charge in [-0.2, -0.15) is 0 Å². The van der Waals surface area contributed by atoms with Crippen LogP contribution in [0.3, 0.4) is 0 Å². The van der Waals surface area contributed by atoms with Crippen molar-refractivity contribution in [2.75, 3.05) is 33.0 Å². The molecule has 4 aromatic rings. The minimum absolute atomic E-state index is 0.263. The number of hydrogen-bond donors (Lipinski definition) is 0. The fourth-order valence-electron chi connectivity index (χ4n) is 5.23. The molecule has 0 atom stereocenters. The van der Waals surface area contributed by atoms with Gasteiger partial charge in [-0.25, -0.2) is 0 Å². The average molecular weight is 645 g/mol. The zero-order chi connectivity index (χ0) is 32.1. The van der Waals surface area contributed by atoms with Crippen LogP contribution in [0.25, 0.3) is 35.1 Å². The molecule has 0 aliphatic rings. The van der Waals surface area contributed by atoms with Crippen LogP contribution in [0.4, 0.5) is 0 Å². The molecule has 0 aromatic heterocycles. The highest BCUT2D eigenvalue weighted by molar-refractivity contribution is 7.53. The predicted octanol–water partition coefficient (Wildman–Crippen LogP) is 9.20. The van der Waals surface area contributed by atoms with E-state index in [-0.39, 0.29) is 6.16 Å². The van der Waals surface area contributed by atoms with Crippen LogP contribution >= 0.6 is 7.60 Å². The molecule has 0 aliphatic heterocycles. The van der Waals surface area contributed by atoms with Crippen LogP contribution < -0.4 is 5.19 Å². The summed E-state index contributed by atoms with van der Waals surface area (Å²) in [5.74, 6) is 0. The standard InChI is InChI=1S/C37H45O6PSi/c1-6-39-44(38,40-7-2)29-32-17-15-30(16-18-32)19-23-33-25-26-34(37-14-12-11-13-36(33)37)24-20-31-21-27-35(28-22-31)45(41-8-3,42-9-4)43-10-5/h11-28H,6-10,29H2,1-5H3/b23-19+,24-20+. The molecule has 4 rings (SSSR count). The van der Waals surface area contributed by atoms with E-state index in [0.717, 1.165) is 33.0 Å². The normalized spacial score (nSPS) is 12.6. The highest BCUT2D eigenvalue weighted by Crippen LogP contribution is 2.51. The van der Waals surface area contributed by atoms with Crippen LogP contribution in [0, 0.1) is 0 Å². The Morgan fingerprint density at radius 3 is 1.42 bits per heavy atom. The van der Waals surface area contributed by atoms with E-state index in [1.807, 2.05) is 58.9 Å². The molecule has 0 saturated carbocycles. The second-order valence-corrected chi connectivity index (χ2v) is 14.9. The summed E-state index contributed by atoms with van der Waals surface area (Å²) >= 11 is 0. The summed E-state index contributed by atoms with van der Waals surface area (Å²) in [5, 5.41) is 3.33. The Morgan fingerprint density at radius 2 is 1.00 bits per heavy atom. The lowest BCUT2D eigenvalue weighted by Crippen LogP contribution is -2.56. The van der Waals surface area contributed by atoms with Gasteiger partial charge in [0.15, 0.2) is 0 Å². The van der Waals surface area contributed by atoms with Crippen LogP contribution in [0.2, 0.25) is 0 Å². The first-order valence-electron chi connectivity index (χ1n) is 15.8. The van der Waals surface area contributed by atoms with E-state index >= 15 is 0 Å². The van der Waals surface area contributed by atoms with Gasteiger partial charge in [0.2, 0.25) is 0 Å². The van der Waals surface area contributed by atoms with E-state index in [2.05, 4.69) is 85.0 Å². The van der Waals surface area contributed by atoms with E-state index in [9.17, 15) is 4.57 Å². The number of hydrogen-bond acceptors (Lipinski definition) is 6. The van der Waals surface area contributed by atoms with Crippen molar-refractivity contribution in [2.45, 2.75) is 40.8 Å². The molecule has 0 bridgehead atoms. The lowest BCUT2D eigenvalue weighted by molar-refractivity contribution is 0.0859. The van der Waals surface area contributed by atoms with Crippen LogP contribution in [-0.2, 0) is 33.1 Å². The second-order valence-electron chi connectivity index (χ2n) is 10.3. The minimum atomic E-state index is -3.13. The monoisotopic (exact) mass is 644 g/mol. The third-order valence-electron chi connectivity index (χ3n) is 7.18. The van der Waals surface area contributed by atoms with Gasteiger partial charge in [0.1, 0.15) is 0 Å². The highest BCUT2D eigenvalue weighted by atomic mass is 31.2. The molecular formula is C37H45O6PSi. The molecule has 0 aliphatic carbocycles. The molecule has 0 unspecified atom stereocenters. The van der Waals surface area contributed by atoms with Gasteiger partial charge in [-0.05, 0) is 73.2 Å². The predicted molar refractivity (Wildman–Crippen MR) is 190 cm³/mol. The lowest BCUT2D eigenvalue weighted by Gasteiger charge is -2.28. The first-order valence-corrected chi connectivity index (χ1v) is 19.2. The largest absolute Gasteiger partial charge is 0.537 e. The molecule has 0 amide bonds. The minimum Gasteiger partial charge on any atom is -0.370 e. The average Bonchev–Trinajstić information content (AvgIpc) is 3.04. The summed E-state index contributed by atoms with van der Waals surface area (Å²) in [7, 11) is -6.06. The van der Waals surface area contributed by atoms with Crippen molar-refractivity contribution < 1.29 is 26.9 Å². The van der Waals surface area contributed by atoms with Gasteiger partial charge in [0.25, 0.3) is 0 Å². The molecule has 0 fully saturated rings. The molecule has 45 heavy (non-hydrogen) atoms. The van der Waals surface area contributed by atoms with Crippen molar-refractivity contribution >= 4 is 56.7 Å². The van der Waals surface area contributed by atoms with Crippen LogP contribution in [0.1, 0.15) is 62.4 Å². The fourth-order valence-corrected chi connectivity index (χ4v) is 9.40. The number of fused-ring (bicyclic) bond motifs is 1. The van der Waals surface area contributed by atoms with E-state index in [1.54, 1.807) is 0 Å². The van der Waals surface area contributed by atoms with E-state index in [0.29, 0.717) is 33.0 Å². The number of benzene rings is 4. The van der Waals surface area contributed by atoms with E-state index in [4.69, 9.17) is 22.3 Å². The topological polar surface area (TPSA) is 63.2 Å². The smallest absolute Gasteiger partial charge is 0.370 e. The van der Waals surface area contributed by atoms with Crippen molar-refractivity contribution in [3.8, 4) is 0 Å². The molecule has 238 valence electrons. The van der Waals surface area contributed by atoms with Crippen LogP contribution in [0.5, 0.6) is 0 Å². The first-order chi connectivity index (χ1) is 21.9. The summed E-state index contributed by atoms with van der Waals surface area (Å²) in [6.07, 6.45) is 8.79. The Kier molecular flexibility index (Phi) is 13.1. The molecule has 0 spiro atoms. The highest BCUT2D eigenvalue weighted by Gasteiger charge is 2.43. The van der Waals surface area contributed by atoms with Gasteiger partial charge >= 0.3 is 16.4 Å². The Labute approximate surface area is 269 Å². The van der Waals surface area contributed by atoms with Crippen LogP contribution in [0.15, 0.2) is 84.9 Å². The Bertz CT molecular complexity index is 1590. The zero-order valence-electron chi connectivity index (χ0n) is 27.0. The van der Waals surface area contributed by atoms with Gasteiger partial charge in [0.05, 0.1) is 19.4 Å². The third kappa shape index (κ3) is 9.21. The molecule has 8 heteroatoms. The third-order valence-corrected chi connectivity index (χ3v) is 12.3. The van der Waals surface area contributed by atoms with Gasteiger partial charge in [-0.15, -0.1) is 0 Å². The van der Waals surface area contributed by atoms with Crippen molar-refractivity contribution in [3.63, 3.8) is 0 Å². The summed E-state index contributed by atoms with van der Waals surface area (Å²) in [6, 6.07) is 29.1. The van der Waals surface area contributed by atoms with Gasteiger partial charge in [-0.1, -0.05) is 109 Å². The molecular weight excluding hydrogens is 599 g/mol. The van der Waals surface area contributed by atoms with Gasteiger partial charge < -0.3 is 22.3 Å². The first kappa shape index (κ1) is 34.7. The van der Waals surface area contributed by atoms with E-state index < -0.39 is 16.4 Å². The zero-order valence-corrected chi connectivity index (χ0v) is 28.9. The SMILES string of the molecule is CCO[Si](OCC)(OCC)c1ccc(/C=C/c2ccc(/C=C/c3ccc(CP(=O)(OCC)OCC)cc3)c3ccccc23)cc1. The van der Waals surface area contributed by atoms with Gasteiger partial charge in [-0.3, -0.25) is 4.57 Å². The Morgan fingerprint density at radius 1 is 0.556 bits per heavy atom. The van der Waals surface area contributed by atoms with Crippen molar-refractivity contribution in [2.24, 2.45) is 0 Å². The molecule has 0 N–H and O–H groups in total. The quantitative estimate of drug-likeness (QED) is 0.0649. The molecule has 4 aromatic carbocycles. The van der Waals surface area contributed by atoms with E-state index in [1.165, 1.54) is 10.8 Å². The Balaban J connectivity index is 1.52. The molecule has 0 saturated heterocycles. The summed E-state index contributed by atoms with van der Waals surface area (Å²) in [6.45, 7) is 11.9. The van der Waals surface area contributed by atoms with Crippen molar-refractivity contribution in [3.05, 3.63) is 113 Å². The number of rotatable bonds is 17. The van der Waals surface area contributed by atoms with Crippen LogP contribution in [-0.4, -0.2) is 41.8 Å². The maximum absolute atomic E-state index is 12.9. The fraction of sp³-hybridized carbons (Fsp3) is 0.297. The molecule has 0 radical (unpaired) electrons. The maximum Gasteiger partial charge on any atom is 0.537 e. The van der Waals surface area contributed by atoms with Crippen molar-refractivity contribution in [1.82, 2.24) is 0 Å². The molecule has 0 heterocycles.